The molecule has 0 spiro atoms. The average Bonchev–Trinajstić information content (AvgIpc) is 3.05. The molecular weight excluding hydrogens is 291 g/mol. The van der Waals surface area contributed by atoms with Gasteiger partial charge in [-0.05, 0) is 31.0 Å². The molecule has 21 heavy (non-hydrogen) atoms. The van der Waals surface area contributed by atoms with E-state index in [2.05, 4.69) is 16.5 Å². The molecule has 2 aromatic rings. The molecule has 1 saturated heterocycles. The maximum Gasteiger partial charge on any atom is 0.125 e. The number of halogens is 2. The minimum Gasteiger partial charge on any atom is -0.378 e. The summed E-state index contributed by atoms with van der Waals surface area (Å²) in [5.41, 5.74) is 1.69. The summed E-state index contributed by atoms with van der Waals surface area (Å²) >= 11 is 5.89. The van der Waals surface area contributed by atoms with E-state index in [9.17, 15) is 4.39 Å². The van der Waals surface area contributed by atoms with Crippen LogP contribution in [0.15, 0.2) is 18.2 Å². The van der Waals surface area contributed by atoms with Crippen molar-refractivity contribution in [3.05, 3.63) is 29.8 Å². The van der Waals surface area contributed by atoms with Gasteiger partial charge in [0, 0.05) is 31.4 Å². The van der Waals surface area contributed by atoms with Crippen LogP contribution in [0.2, 0.25) is 0 Å². The Bertz CT molecular complexity index is 628. The largest absolute Gasteiger partial charge is 0.378 e. The fraction of sp³-hybridized carbons (Fsp3) is 0.562. The van der Waals surface area contributed by atoms with Crippen molar-refractivity contribution < 1.29 is 9.13 Å². The van der Waals surface area contributed by atoms with Crippen LogP contribution < -0.4 is 0 Å². The summed E-state index contributed by atoms with van der Waals surface area (Å²) in [5.74, 6) is 1.69. The van der Waals surface area contributed by atoms with E-state index in [0.717, 1.165) is 42.9 Å². The number of imidazole rings is 1. The molecule has 3 rings (SSSR count). The van der Waals surface area contributed by atoms with E-state index in [0.29, 0.717) is 24.3 Å². The second kappa shape index (κ2) is 6.32. The molecule has 0 N–H and O–H groups in total. The number of alkyl halides is 1. The summed E-state index contributed by atoms with van der Waals surface area (Å²) in [6, 6.07) is 4.76. The number of benzene rings is 1. The third-order valence-electron chi connectivity index (χ3n) is 4.27. The molecule has 2 atom stereocenters. The molecule has 1 aromatic carbocycles. The highest BCUT2D eigenvalue weighted by Gasteiger charge is 2.28. The summed E-state index contributed by atoms with van der Waals surface area (Å²) in [4.78, 5) is 4.61. The van der Waals surface area contributed by atoms with Crippen molar-refractivity contribution >= 4 is 22.6 Å². The molecule has 0 radical (unpaired) electrons. The van der Waals surface area contributed by atoms with Gasteiger partial charge in [0.05, 0.1) is 17.1 Å². The summed E-state index contributed by atoms with van der Waals surface area (Å²) in [6.45, 7) is 3.79. The van der Waals surface area contributed by atoms with Crippen LogP contribution in [0, 0.1) is 11.7 Å². The van der Waals surface area contributed by atoms with Crippen molar-refractivity contribution in [2.24, 2.45) is 5.92 Å². The Morgan fingerprint density at radius 3 is 3.10 bits per heavy atom. The summed E-state index contributed by atoms with van der Waals surface area (Å²) in [5, 5.41) is 0. The number of rotatable bonds is 5. The van der Waals surface area contributed by atoms with E-state index in [4.69, 9.17) is 16.3 Å². The van der Waals surface area contributed by atoms with E-state index >= 15 is 0 Å². The number of aryl methyl sites for hydroxylation is 1. The van der Waals surface area contributed by atoms with Crippen LogP contribution in [0.5, 0.6) is 0 Å². The second-order valence-corrected chi connectivity index (χ2v) is 5.95. The zero-order valence-corrected chi connectivity index (χ0v) is 12.9. The molecule has 2 heterocycles. The molecule has 1 aromatic heterocycles. The molecule has 0 amide bonds. The smallest absolute Gasteiger partial charge is 0.125 e. The third-order valence-corrected chi connectivity index (χ3v) is 4.46. The van der Waals surface area contributed by atoms with Gasteiger partial charge >= 0.3 is 0 Å². The van der Waals surface area contributed by atoms with Gasteiger partial charge in [0.2, 0.25) is 0 Å². The van der Waals surface area contributed by atoms with Gasteiger partial charge < -0.3 is 9.30 Å². The van der Waals surface area contributed by atoms with Crippen LogP contribution in [-0.4, -0.2) is 28.1 Å². The van der Waals surface area contributed by atoms with Crippen molar-refractivity contribution in [3.63, 3.8) is 0 Å². The predicted molar refractivity (Wildman–Crippen MR) is 82.3 cm³/mol. The van der Waals surface area contributed by atoms with Gasteiger partial charge in [0.15, 0.2) is 0 Å². The second-order valence-electron chi connectivity index (χ2n) is 5.58. The number of hydrogen-bond donors (Lipinski definition) is 0. The van der Waals surface area contributed by atoms with Crippen molar-refractivity contribution in [2.45, 2.75) is 38.8 Å². The Hall–Kier alpha value is -1.13. The minimum absolute atomic E-state index is 0.226. The fourth-order valence-electron chi connectivity index (χ4n) is 3.21. The SMILES string of the molecule is CCC1OCCC1Cn1c(CCCl)nc2ccc(F)cc21. The maximum absolute atomic E-state index is 13.6. The van der Waals surface area contributed by atoms with Gasteiger partial charge in [-0.15, -0.1) is 11.6 Å². The van der Waals surface area contributed by atoms with Gasteiger partial charge in [-0.25, -0.2) is 9.37 Å². The number of aromatic nitrogens is 2. The van der Waals surface area contributed by atoms with E-state index in [1.54, 1.807) is 12.1 Å². The third kappa shape index (κ3) is 2.92. The number of nitrogens with zero attached hydrogens (tertiary/aromatic N) is 2. The van der Waals surface area contributed by atoms with Crippen LogP contribution in [0.3, 0.4) is 0 Å². The molecule has 1 aliphatic rings. The van der Waals surface area contributed by atoms with Crippen molar-refractivity contribution in [3.8, 4) is 0 Å². The summed E-state index contributed by atoms with van der Waals surface area (Å²) < 4.78 is 21.5. The van der Waals surface area contributed by atoms with Crippen molar-refractivity contribution in [2.75, 3.05) is 12.5 Å². The lowest BCUT2D eigenvalue weighted by Crippen LogP contribution is -2.21. The number of hydrogen-bond acceptors (Lipinski definition) is 2. The van der Waals surface area contributed by atoms with E-state index < -0.39 is 0 Å². The summed E-state index contributed by atoms with van der Waals surface area (Å²) in [7, 11) is 0. The van der Waals surface area contributed by atoms with Gasteiger partial charge in [-0.3, -0.25) is 0 Å². The Morgan fingerprint density at radius 1 is 1.48 bits per heavy atom. The van der Waals surface area contributed by atoms with Crippen LogP contribution in [-0.2, 0) is 17.7 Å². The normalized spacial score (nSPS) is 22.2. The lowest BCUT2D eigenvalue weighted by Gasteiger charge is -2.19. The minimum atomic E-state index is -0.226. The molecule has 1 aliphatic heterocycles. The lowest BCUT2D eigenvalue weighted by atomic mass is 9.99. The maximum atomic E-state index is 13.6. The molecule has 3 nitrogen and oxygen atoms in total. The first-order valence-electron chi connectivity index (χ1n) is 7.55. The van der Waals surface area contributed by atoms with Crippen LogP contribution in [0.4, 0.5) is 4.39 Å². The van der Waals surface area contributed by atoms with Gasteiger partial charge in [0.1, 0.15) is 11.6 Å². The highest BCUT2D eigenvalue weighted by Crippen LogP contribution is 2.28. The molecule has 2 unspecified atom stereocenters. The lowest BCUT2D eigenvalue weighted by molar-refractivity contribution is 0.0836. The standard InChI is InChI=1S/C16H20ClFN2O/c1-2-15-11(6-8-21-15)10-20-14-9-12(18)3-4-13(14)19-16(20)5-7-17/h3-4,9,11,15H,2,5-8,10H2,1H3. The average molecular weight is 311 g/mol. The quantitative estimate of drug-likeness (QED) is 0.786. The van der Waals surface area contributed by atoms with Crippen LogP contribution in [0.25, 0.3) is 11.0 Å². The van der Waals surface area contributed by atoms with Crippen molar-refractivity contribution in [1.29, 1.82) is 0 Å². The highest BCUT2D eigenvalue weighted by molar-refractivity contribution is 6.17. The molecule has 0 saturated carbocycles. The van der Waals surface area contributed by atoms with Gasteiger partial charge in [-0.1, -0.05) is 6.92 Å². The zero-order valence-electron chi connectivity index (χ0n) is 12.2. The van der Waals surface area contributed by atoms with Gasteiger partial charge in [-0.2, -0.15) is 0 Å². The first-order chi connectivity index (χ1) is 10.2. The highest BCUT2D eigenvalue weighted by atomic mass is 35.5. The first kappa shape index (κ1) is 14.8. The molecule has 0 bridgehead atoms. The monoisotopic (exact) mass is 310 g/mol. The Balaban J connectivity index is 1.98. The van der Waals surface area contributed by atoms with E-state index in [1.807, 2.05) is 0 Å². The Labute approximate surface area is 129 Å². The van der Waals surface area contributed by atoms with E-state index in [-0.39, 0.29) is 5.82 Å². The molecule has 0 aliphatic carbocycles. The van der Waals surface area contributed by atoms with Crippen molar-refractivity contribution in [1.82, 2.24) is 9.55 Å². The van der Waals surface area contributed by atoms with Crippen LogP contribution in [0.1, 0.15) is 25.6 Å². The number of fused-ring (bicyclic) bond motifs is 1. The van der Waals surface area contributed by atoms with E-state index in [1.165, 1.54) is 6.07 Å². The molecular formula is C16H20ClFN2O. The molecule has 114 valence electrons. The molecule has 5 heteroatoms. The Kier molecular flexibility index (Phi) is 4.45. The molecule has 1 fully saturated rings. The zero-order chi connectivity index (χ0) is 14.8. The fourth-order valence-corrected chi connectivity index (χ4v) is 3.38. The first-order valence-corrected chi connectivity index (χ1v) is 8.08. The van der Waals surface area contributed by atoms with Gasteiger partial charge in [0.25, 0.3) is 0 Å². The Morgan fingerprint density at radius 2 is 2.33 bits per heavy atom. The predicted octanol–water partition coefficient (Wildman–Crippen LogP) is 3.77. The van der Waals surface area contributed by atoms with Crippen LogP contribution >= 0.6 is 11.6 Å². The number of ether oxygens (including phenoxy) is 1. The topological polar surface area (TPSA) is 27.1 Å². The summed E-state index contributed by atoms with van der Waals surface area (Å²) in [6.07, 6.45) is 3.05.